The van der Waals surface area contributed by atoms with E-state index in [0.29, 0.717) is 11.1 Å². The van der Waals surface area contributed by atoms with Gasteiger partial charge in [-0.3, -0.25) is 4.57 Å². The fraction of sp³-hybridized carbons (Fsp3) is 0.222. The zero-order valence-electron chi connectivity index (χ0n) is 13.9. The highest BCUT2D eigenvalue weighted by molar-refractivity contribution is 7.71. The Hall–Kier alpha value is -2.59. The van der Waals surface area contributed by atoms with E-state index in [1.54, 1.807) is 4.57 Å². The van der Waals surface area contributed by atoms with Crippen molar-refractivity contribution in [1.29, 1.82) is 0 Å². The molecule has 144 valence electrons. The Balaban J connectivity index is 1.76. The van der Waals surface area contributed by atoms with Crippen LogP contribution in [0.5, 0.6) is 0 Å². The molecule has 10 heteroatoms. The molecule has 2 atom stereocenters. The van der Waals surface area contributed by atoms with E-state index in [-0.39, 0.29) is 29.3 Å². The molecule has 2 aromatic carbocycles. The summed E-state index contributed by atoms with van der Waals surface area (Å²) in [5, 5.41) is 4.00. The number of ether oxygens (including phenoxy) is 1. The molecule has 0 fully saturated rings. The third-order valence-electron chi connectivity index (χ3n) is 5.13. The number of hydrogen-bond donors (Lipinski definition) is 0. The predicted octanol–water partition coefficient (Wildman–Crippen LogP) is 4.14. The van der Waals surface area contributed by atoms with E-state index < -0.39 is 34.8 Å². The Morgan fingerprint density at radius 3 is 2.32 bits per heavy atom. The van der Waals surface area contributed by atoms with Gasteiger partial charge in [0.25, 0.3) is 0 Å². The van der Waals surface area contributed by atoms with E-state index in [1.165, 1.54) is 0 Å². The summed E-state index contributed by atoms with van der Waals surface area (Å²) in [5.41, 5.74) is 0.754. The van der Waals surface area contributed by atoms with Crippen LogP contribution in [0.1, 0.15) is 23.0 Å². The normalized spacial score (nSPS) is 20.0. The molecule has 1 unspecified atom stereocenters. The van der Waals surface area contributed by atoms with Crippen LogP contribution < -0.4 is 0 Å². The van der Waals surface area contributed by atoms with Crippen molar-refractivity contribution >= 4 is 12.2 Å². The molecule has 2 heterocycles. The van der Waals surface area contributed by atoms with Gasteiger partial charge >= 0.3 is 0 Å². The Morgan fingerprint density at radius 2 is 1.61 bits per heavy atom. The standard InChI is InChI=1S/C18H10F5N3OS/c19-11-12(20)14(22)17(15(23)13(11)21)26-18(28)25-10(24-26)6-27-9-5-7-3-1-2-4-8(7)16(9)25/h1-4,9,16H,5-6H2/t9-,16?/m0/s1. The lowest BCUT2D eigenvalue weighted by Crippen LogP contribution is -2.31. The lowest BCUT2D eigenvalue weighted by molar-refractivity contribution is -0.00509. The second kappa shape index (κ2) is 5.95. The summed E-state index contributed by atoms with van der Waals surface area (Å²) in [4.78, 5) is 0. The zero-order chi connectivity index (χ0) is 19.7. The van der Waals surface area contributed by atoms with Crippen LogP contribution in [-0.2, 0) is 17.8 Å². The van der Waals surface area contributed by atoms with Gasteiger partial charge in [-0.25, -0.2) is 22.0 Å². The minimum absolute atomic E-state index is 0.00118. The van der Waals surface area contributed by atoms with Crippen LogP contribution in [0.4, 0.5) is 22.0 Å². The van der Waals surface area contributed by atoms with E-state index in [2.05, 4.69) is 5.10 Å². The summed E-state index contributed by atoms with van der Waals surface area (Å²) in [5.74, 6) is -10.1. The van der Waals surface area contributed by atoms with Gasteiger partial charge in [-0.05, 0) is 23.3 Å². The van der Waals surface area contributed by atoms with Crippen molar-refractivity contribution < 1.29 is 26.7 Å². The minimum Gasteiger partial charge on any atom is -0.367 e. The molecular weight excluding hydrogens is 401 g/mol. The van der Waals surface area contributed by atoms with Crippen LogP contribution in [-0.4, -0.2) is 20.5 Å². The molecule has 0 N–H and O–H groups in total. The van der Waals surface area contributed by atoms with Crippen molar-refractivity contribution in [2.75, 3.05) is 0 Å². The molecule has 0 bridgehead atoms. The maximum atomic E-state index is 14.3. The highest BCUT2D eigenvalue weighted by Gasteiger charge is 2.40. The van der Waals surface area contributed by atoms with Crippen LogP contribution in [0.25, 0.3) is 5.69 Å². The van der Waals surface area contributed by atoms with Crippen LogP contribution in [0.15, 0.2) is 24.3 Å². The van der Waals surface area contributed by atoms with Crippen molar-refractivity contribution in [3.63, 3.8) is 0 Å². The number of halogens is 5. The van der Waals surface area contributed by atoms with E-state index in [4.69, 9.17) is 17.0 Å². The van der Waals surface area contributed by atoms with Gasteiger partial charge in [-0.2, -0.15) is 4.68 Å². The maximum Gasteiger partial charge on any atom is 0.203 e. The van der Waals surface area contributed by atoms with Crippen molar-refractivity contribution in [1.82, 2.24) is 14.3 Å². The molecule has 3 aromatic rings. The molecule has 0 spiro atoms. The van der Waals surface area contributed by atoms with Gasteiger partial charge in [0.15, 0.2) is 29.1 Å². The third kappa shape index (κ3) is 2.18. The van der Waals surface area contributed by atoms with E-state index >= 15 is 0 Å². The molecule has 1 aliphatic carbocycles. The lowest BCUT2D eigenvalue weighted by Gasteiger charge is -2.28. The third-order valence-corrected chi connectivity index (χ3v) is 5.50. The Kier molecular flexibility index (Phi) is 3.72. The molecule has 4 nitrogen and oxygen atoms in total. The van der Waals surface area contributed by atoms with Crippen LogP contribution in [0.3, 0.4) is 0 Å². The van der Waals surface area contributed by atoms with Crippen molar-refractivity contribution in [2.24, 2.45) is 0 Å². The van der Waals surface area contributed by atoms with E-state index in [0.717, 1.165) is 11.1 Å². The molecule has 1 aliphatic heterocycles. The molecule has 5 rings (SSSR count). The molecule has 2 aliphatic rings. The van der Waals surface area contributed by atoms with Crippen LogP contribution >= 0.6 is 12.2 Å². The average molecular weight is 411 g/mol. The van der Waals surface area contributed by atoms with Gasteiger partial charge in [0, 0.05) is 6.42 Å². The van der Waals surface area contributed by atoms with E-state index in [1.807, 2.05) is 24.3 Å². The summed E-state index contributed by atoms with van der Waals surface area (Å²) >= 11 is 5.32. The first-order chi connectivity index (χ1) is 13.4. The molecular formula is C18H10F5N3OS. The van der Waals surface area contributed by atoms with Gasteiger partial charge in [-0.15, -0.1) is 5.10 Å². The second-order valence-electron chi connectivity index (χ2n) is 6.60. The Morgan fingerprint density at radius 1 is 0.964 bits per heavy atom. The summed E-state index contributed by atoms with van der Waals surface area (Å²) in [6, 6.07) is 7.16. The first-order valence-corrected chi connectivity index (χ1v) is 8.72. The SMILES string of the molecule is Fc1c(F)c(F)c(-n2nc3n(c2=S)C2c4ccccc4C[C@@H]2OC3)c(F)c1F. The number of hydrogen-bond acceptors (Lipinski definition) is 3. The summed E-state index contributed by atoms with van der Waals surface area (Å²) < 4.78 is 77.0. The van der Waals surface area contributed by atoms with Crippen molar-refractivity contribution in [3.05, 3.63) is 75.1 Å². The predicted molar refractivity (Wildman–Crippen MR) is 89.0 cm³/mol. The van der Waals surface area contributed by atoms with Crippen LogP contribution in [0, 0.1) is 33.9 Å². The molecule has 0 amide bonds. The number of aromatic nitrogens is 3. The molecule has 0 radical (unpaired) electrons. The fourth-order valence-electron chi connectivity index (χ4n) is 3.90. The molecule has 0 saturated heterocycles. The first-order valence-electron chi connectivity index (χ1n) is 8.31. The second-order valence-corrected chi connectivity index (χ2v) is 6.96. The van der Waals surface area contributed by atoms with Crippen molar-refractivity contribution in [2.45, 2.75) is 25.2 Å². The topological polar surface area (TPSA) is 32.0 Å². The fourth-order valence-corrected chi connectivity index (χ4v) is 4.25. The summed E-state index contributed by atoms with van der Waals surface area (Å²) in [6.45, 7) is 0.00118. The molecule has 1 aromatic heterocycles. The zero-order valence-corrected chi connectivity index (χ0v) is 14.7. The van der Waals surface area contributed by atoms with Gasteiger partial charge in [0.1, 0.15) is 12.3 Å². The minimum atomic E-state index is -2.23. The smallest absolute Gasteiger partial charge is 0.203 e. The summed E-state index contributed by atoms with van der Waals surface area (Å²) in [7, 11) is 0. The number of rotatable bonds is 1. The monoisotopic (exact) mass is 411 g/mol. The van der Waals surface area contributed by atoms with E-state index in [9.17, 15) is 22.0 Å². The average Bonchev–Trinajstić information content (AvgIpc) is 3.23. The van der Waals surface area contributed by atoms with Gasteiger partial charge in [-0.1, -0.05) is 24.3 Å². The number of benzene rings is 2. The Bertz CT molecular complexity index is 1180. The molecule has 0 saturated carbocycles. The van der Waals surface area contributed by atoms with Crippen molar-refractivity contribution in [3.8, 4) is 5.69 Å². The Labute approximate surface area is 159 Å². The highest BCUT2D eigenvalue weighted by atomic mass is 32.1. The largest absolute Gasteiger partial charge is 0.367 e. The lowest BCUT2D eigenvalue weighted by atomic mass is 10.1. The van der Waals surface area contributed by atoms with Gasteiger partial charge in [0.2, 0.25) is 10.6 Å². The van der Waals surface area contributed by atoms with Gasteiger partial charge in [0.05, 0.1) is 12.1 Å². The number of fused-ring (bicyclic) bond motifs is 5. The van der Waals surface area contributed by atoms with Gasteiger partial charge < -0.3 is 4.74 Å². The first kappa shape index (κ1) is 17.5. The maximum absolute atomic E-state index is 14.3. The quantitative estimate of drug-likeness (QED) is 0.261. The highest BCUT2D eigenvalue weighted by Crippen LogP contribution is 2.40. The van der Waals surface area contributed by atoms with Crippen LogP contribution in [0.2, 0.25) is 0 Å². The summed E-state index contributed by atoms with van der Waals surface area (Å²) in [6.07, 6.45) is 0.362. The number of nitrogens with zero attached hydrogens (tertiary/aromatic N) is 3. The molecule has 28 heavy (non-hydrogen) atoms.